The molecule has 0 unspecified atom stereocenters. The molecular formula is C10H11N5. The highest BCUT2D eigenvalue weighted by Crippen LogP contribution is 2.06. The normalized spacial score (nSPS) is 9.87. The van der Waals surface area contributed by atoms with E-state index in [4.69, 9.17) is 5.73 Å². The van der Waals surface area contributed by atoms with Gasteiger partial charge in [-0.25, -0.2) is 15.0 Å². The van der Waals surface area contributed by atoms with Crippen molar-refractivity contribution in [3.8, 4) is 0 Å². The summed E-state index contributed by atoms with van der Waals surface area (Å²) in [5.74, 6) is 0.780. The Balaban J connectivity index is 1.96. The van der Waals surface area contributed by atoms with E-state index in [1.165, 1.54) is 6.33 Å². The molecule has 0 saturated heterocycles. The minimum absolute atomic E-state index is 0.624. The molecule has 76 valence electrons. The number of hydrogen-bond acceptors (Lipinski definition) is 5. The van der Waals surface area contributed by atoms with Gasteiger partial charge in [-0.2, -0.15) is 0 Å². The number of hydrogen-bond donors (Lipinski definition) is 2. The van der Waals surface area contributed by atoms with Crippen LogP contribution in [0.1, 0.15) is 5.69 Å². The van der Waals surface area contributed by atoms with Gasteiger partial charge in [-0.15, -0.1) is 0 Å². The van der Waals surface area contributed by atoms with E-state index in [1.807, 2.05) is 12.1 Å². The number of pyridine rings is 1. The third-order valence-electron chi connectivity index (χ3n) is 1.88. The summed E-state index contributed by atoms with van der Waals surface area (Å²) in [6.07, 6.45) is 4.84. The number of nitrogens with zero attached hydrogens (tertiary/aromatic N) is 3. The zero-order chi connectivity index (χ0) is 10.5. The lowest BCUT2D eigenvalue weighted by molar-refractivity contribution is 0.997. The predicted molar refractivity (Wildman–Crippen MR) is 58.0 cm³/mol. The molecule has 0 bridgehead atoms. The molecule has 3 N–H and O–H groups in total. The van der Waals surface area contributed by atoms with Crippen LogP contribution in [-0.4, -0.2) is 15.0 Å². The van der Waals surface area contributed by atoms with E-state index in [2.05, 4.69) is 20.3 Å². The molecule has 0 spiro atoms. The molecule has 0 aromatic carbocycles. The van der Waals surface area contributed by atoms with Gasteiger partial charge in [0, 0.05) is 6.20 Å². The zero-order valence-electron chi connectivity index (χ0n) is 8.09. The van der Waals surface area contributed by atoms with Gasteiger partial charge in [-0.3, -0.25) is 0 Å². The molecule has 2 aromatic rings. The first kappa shape index (κ1) is 9.39. The number of aromatic nitrogens is 3. The first-order chi connectivity index (χ1) is 7.34. The zero-order valence-corrected chi connectivity index (χ0v) is 8.09. The van der Waals surface area contributed by atoms with Gasteiger partial charge < -0.3 is 11.1 Å². The molecule has 0 fully saturated rings. The maximum absolute atomic E-state index is 5.52. The van der Waals surface area contributed by atoms with Gasteiger partial charge in [-0.1, -0.05) is 0 Å². The largest absolute Gasteiger partial charge is 0.397 e. The van der Waals surface area contributed by atoms with E-state index < -0.39 is 0 Å². The fourth-order valence-corrected chi connectivity index (χ4v) is 1.11. The Bertz CT molecular complexity index is 412. The highest BCUT2D eigenvalue weighted by atomic mass is 15.0. The summed E-state index contributed by atoms with van der Waals surface area (Å²) in [5.41, 5.74) is 7.10. The smallest absolute Gasteiger partial charge is 0.126 e. The molecule has 2 rings (SSSR count). The Labute approximate surface area is 87.4 Å². The molecule has 0 saturated carbocycles. The van der Waals surface area contributed by atoms with Gasteiger partial charge in [0.25, 0.3) is 0 Å². The minimum Gasteiger partial charge on any atom is -0.397 e. The Morgan fingerprint density at radius 1 is 1.20 bits per heavy atom. The van der Waals surface area contributed by atoms with Gasteiger partial charge in [0.2, 0.25) is 0 Å². The summed E-state index contributed by atoms with van der Waals surface area (Å²) in [4.78, 5) is 12.0. The van der Waals surface area contributed by atoms with E-state index in [1.54, 1.807) is 18.5 Å². The number of rotatable bonds is 3. The van der Waals surface area contributed by atoms with Crippen molar-refractivity contribution in [2.75, 3.05) is 11.1 Å². The van der Waals surface area contributed by atoms with Crippen molar-refractivity contribution in [2.24, 2.45) is 0 Å². The fraction of sp³-hybridized carbons (Fsp3) is 0.100. The van der Waals surface area contributed by atoms with Gasteiger partial charge in [0.1, 0.15) is 12.1 Å². The second-order valence-electron chi connectivity index (χ2n) is 3.03. The SMILES string of the molecule is Nc1ccc(NCc2ccncn2)nc1. The van der Waals surface area contributed by atoms with Crippen LogP contribution in [0.3, 0.4) is 0 Å². The molecule has 5 heteroatoms. The summed E-state index contributed by atoms with van der Waals surface area (Å²) < 4.78 is 0. The van der Waals surface area contributed by atoms with Crippen LogP contribution >= 0.6 is 0 Å². The number of nitrogens with one attached hydrogen (secondary N) is 1. The first-order valence-electron chi connectivity index (χ1n) is 4.55. The quantitative estimate of drug-likeness (QED) is 0.776. The van der Waals surface area contributed by atoms with Crippen molar-refractivity contribution >= 4 is 11.5 Å². The molecule has 5 nitrogen and oxygen atoms in total. The van der Waals surface area contributed by atoms with Crippen LogP contribution in [0.4, 0.5) is 11.5 Å². The van der Waals surface area contributed by atoms with E-state index in [-0.39, 0.29) is 0 Å². The molecule has 0 radical (unpaired) electrons. The Kier molecular flexibility index (Phi) is 2.73. The van der Waals surface area contributed by atoms with E-state index in [0.717, 1.165) is 11.5 Å². The van der Waals surface area contributed by atoms with Crippen molar-refractivity contribution in [3.05, 3.63) is 42.6 Å². The molecule has 15 heavy (non-hydrogen) atoms. The number of anilines is 2. The molecule has 0 atom stereocenters. The van der Waals surface area contributed by atoms with Gasteiger partial charge in [0.05, 0.1) is 24.1 Å². The predicted octanol–water partition coefficient (Wildman–Crippen LogP) is 1.07. The van der Waals surface area contributed by atoms with Crippen molar-refractivity contribution in [2.45, 2.75) is 6.54 Å². The molecule has 0 aliphatic heterocycles. The average Bonchev–Trinajstić information content (AvgIpc) is 2.30. The Morgan fingerprint density at radius 2 is 2.13 bits per heavy atom. The van der Waals surface area contributed by atoms with Crippen LogP contribution in [-0.2, 0) is 6.54 Å². The lowest BCUT2D eigenvalue weighted by atomic mass is 10.4. The number of nitrogens with two attached hydrogens (primary N) is 1. The van der Waals surface area contributed by atoms with Crippen molar-refractivity contribution < 1.29 is 0 Å². The Hall–Kier alpha value is -2.17. The molecule has 0 amide bonds. The van der Waals surface area contributed by atoms with Crippen LogP contribution < -0.4 is 11.1 Å². The van der Waals surface area contributed by atoms with E-state index in [0.29, 0.717) is 12.2 Å². The van der Waals surface area contributed by atoms with Crippen molar-refractivity contribution in [1.82, 2.24) is 15.0 Å². The third kappa shape index (κ3) is 2.63. The van der Waals surface area contributed by atoms with Gasteiger partial charge in [-0.05, 0) is 18.2 Å². The highest BCUT2D eigenvalue weighted by molar-refractivity contribution is 5.43. The standard InChI is InChI=1S/C10H11N5/c11-8-1-2-10(13-5-8)14-6-9-3-4-12-7-15-9/h1-5,7H,6,11H2,(H,13,14). The van der Waals surface area contributed by atoms with E-state index >= 15 is 0 Å². The molecule has 0 aliphatic carbocycles. The van der Waals surface area contributed by atoms with Crippen LogP contribution in [0.5, 0.6) is 0 Å². The summed E-state index contributed by atoms with van der Waals surface area (Å²) in [6.45, 7) is 0.624. The van der Waals surface area contributed by atoms with Crippen molar-refractivity contribution in [1.29, 1.82) is 0 Å². The summed E-state index contributed by atoms with van der Waals surface area (Å²) in [7, 11) is 0. The molecular weight excluding hydrogens is 190 g/mol. The van der Waals surface area contributed by atoms with Crippen LogP contribution in [0.25, 0.3) is 0 Å². The fourth-order valence-electron chi connectivity index (χ4n) is 1.11. The molecule has 0 aliphatic rings. The monoisotopic (exact) mass is 201 g/mol. The van der Waals surface area contributed by atoms with Crippen LogP contribution in [0.2, 0.25) is 0 Å². The van der Waals surface area contributed by atoms with Crippen molar-refractivity contribution in [3.63, 3.8) is 0 Å². The van der Waals surface area contributed by atoms with Gasteiger partial charge >= 0.3 is 0 Å². The maximum atomic E-state index is 5.52. The first-order valence-corrected chi connectivity index (χ1v) is 4.55. The maximum Gasteiger partial charge on any atom is 0.126 e. The second-order valence-corrected chi connectivity index (χ2v) is 3.03. The summed E-state index contributed by atoms with van der Waals surface area (Å²) >= 11 is 0. The lowest BCUT2D eigenvalue weighted by Crippen LogP contribution is -2.03. The van der Waals surface area contributed by atoms with Gasteiger partial charge in [0.15, 0.2) is 0 Å². The summed E-state index contributed by atoms with van der Waals surface area (Å²) in [6, 6.07) is 5.48. The minimum atomic E-state index is 0.624. The second kappa shape index (κ2) is 4.36. The highest BCUT2D eigenvalue weighted by Gasteiger charge is 1.95. The summed E-state index contributed by atoms with van der Waals surface area (Å²) in [5, 5.41) is 3.13. The van der Waals surface area contributed by atoms with Crippen LogP contribution in [0.15, 0.2) is 36.9 Å². The average molecular weight is 201 g/mol. The molecule has 2 heterocycles. The molecule has 2 aromatic heterocycles. The topological polar surface area (TPSA) is 76.7 Å². The van der Waals surface area contributed by atoms with E-state index in [9.17, 15) is 0 Å². The third-order valence-corrected chi connectivity index (χ3v) is 1.88. The lowest BCUT2D eigenvalue weighted by Gasteiger charge is -2.04. The Morgan fingerprint density at radius 3 is 2.80 bits per heavy atom. The van der Waals surface area contributed by atoms with Crippen LogP contribution in [0, 0.1) is 0 Å². The number of nitrogen functional groups attached to an aromatic ring is 1.